The molecule has 4 nitrogen and oxygen atoms in total. The number of benzene rings is 1. The number of ether oxygens (including phenoxy) is 1. The van der Waals surface area contributed by atoms with E-state index in [-0.39, 0.29) is 0 Å². The summed E-state index contributed by atoms with van der Waals surface area (Å²) >= 11 is 5.44. The zero-order valence-corrected chi connectivity index (χ0v) is 13.2. The van der Waals surface area contributed by atoms with Crippen LogP contribution < -0.4 is 10.2 Å². The first kappa shape index (κ1) is 14.8. The van der Waals surface area contributed by atoms with E-state index in [2.05, 4.69) is 40.5 Å². The second-order valence-corrected chi connectivity index (χ2v) is 6.30. The molecule has 0 aliphatic carbocycles. The number of thiocarbonyl (C=S) groups is 1. The van der Waals surface area contributed by atoms with Crippen LogP contribution in [0.5, 0.6) is 0 Å². The molecule has 2 atom stereocenters. The molecule has 2 unspecified atom stereocenters. The molecule has 2 aliphatic rings. The largest absolute Gasteiger partial charge is 0.376 e. The van der Waals surface area contributed by atoms with Crippen molar-refractivity contribution in [3.63, 3.8) is 0 Å². The van der Waals surface area contributed by atoms with E-state index in [1.165, 1.54) is 23.3 Å². The molecule has 3 rings (SSSR count). The third kappa shape index (κ3) is 4.15. The maximum atomic E-state index is 5.73. The summed E-state index contributed by atoms with van der Waals surface area (Å²) in [4.78, 5) is 3.81. The minimum absolute atomic E-state index is 0.359. The van der Waals surface area contributed by atoms with E-state index in [0.29, 0.717) is 6.10 Å². The van der Waals surface area contributed by atoms with Gasteiger partial charge in [-0.25, -0.2) is 0 Å². The number of hydrogen-bond donors (Lipinski definition) is 2. The van der Waals surface area contributed by atoms with Gasteiger partial charge in [0.05, 0.1) is 19.2 Å². The smallest absolute Gasteiger partial charge is 0.177 e. The molecule has 0 bridgehead atoms. The average Bonchev–Trinajstić information content (AvgIpc) is 3.02. The van der Waals surface area contributed by atoms with Crippen LogP contribution in [0.4, 0.5) is 0 Å². The van der Waals surface area contributed by atoms with Gasteiger partial charge in [0.25, 0.3) is 0 Å². The summed E-state index contributed by atoms with van der Waals surface area (Å²) in [6, 6.07) is 10.7. The summed E-state index contributed by atoms with van der Waals surface area (Å²) in [5.41, 5.74) is 1.41. The van der Waals surface area contributed by atoms with E-state index < -0.39 is 0 Å². The molecule has 2 saturated heterocycles. The predicted octanol–water partition coefficient (Wildman–Crippen LogP) is 0.398. The van der Waals surface area contributed by atoms with Gasteiger partial charge in [-0.3, -0.25) is 4.90 Å². The van der Waals surface area contributed by atoms with Crippen LogP contribution in [0.1, 0.15) is 18.4 Å². The lowest BCUT2D eigenvalue weighted by molar-refractivity contribution is -0.914. The molecule has 0 spiro atoms. The molecule has 2 fully saturated rings. The van der Waals surface area contributed by atoms with Crippen molar-refractivity contribution < 1.29 is 9.64 Å². The number of nitrogens with one attached hydrogen (secondary N) is 2. The first-order chi connectivity index (χ1) is 10.3. The molecule has 0 amide bonds. The van der Waals surface area contributed by atoms with Gasteiger partial charge in [0.2, 0.25) is 0 Å². The lowest BCUT2D eigenvalue weighted by Crippen LogP contribution is -3.17. The van der Waals surface area contributed by atoms with E-state index in [0.717, 1.165) is 44.6 Å². The Morgan fingerprint density at radius 3 is 2.95 bits per heavy atom. The molecule has 0 aromatic heterocycles. The van der Waals surface area contributed by atoms with E-state index in [1.807, 2.05) is 0 Å². The van der Waals surface area contributed by atoms with Crippen molar-refractivity contribution in [1.29, 1.82) is 0 Å². The fraction of sp³-hybridized carbons (Fsp3) is 0.562. The summed E-state index contributed by atoms with van der Waals surface area (Å²) in [5.74, 6) is 0. The van der Waals surface area contributed by atoms with Gasteiger partial charge in [-0.15, -0.1) is 0 Å². The van der Waals surface area contributed by atoms with Gasteiger partial charge in [-0.2, -0.15) is 0 Å². The lowest BCUT2D eigenvalue weighted by Gasteiger charge is -2.36. The highest BCUT2D eigenvalue weighted by atomic mass is 32.1. The summed E-state index contributed by atoms with van der Waals surface area (Å²) < 4.78 is 5.73. The van der Waals surface area contributed by atoms with E-state index in [4.69, 9.17) is 17.0 Å². The molecule has 1 aromatic rings. The molecular weight excluding hydrogens is 282 g/mol. The topological polar surface area (TPSA) is 28.9 Å². The third-order valence-electron chi connectivity index (χ3n) is 4.25. The zero-order valence-electron chi connectivity index (χ0n) is 12.4. The summed E-state index contributed by atoms with van der Waals surface area (Å²) in [6.45, 7) is 4.87. The Hall–Kier alpha value is -1.17. The van der Waals surface area contributed by atoms with Crippen LogP contribution >= 0.6 is 12.2 Å². The third-order valence-corrected chi connectivity index (χ3v) is 4.65. The van der Waals surface area contributed by atoms with Crippen LogP contribution in [0, 0.1) is 0 Å². The van der Waals surface area contributed by atoms with Crippen molar-refractivity contribution in [3.05, 3.63) is 35.9 Å². The highest BCUT2D eigenvalue weighted by Crippen LogP contribution is 2.13. The van der Waals surface area contributed by atoms with E-state index in [1.54, 1.807) is 0 Å². The van der Waals surface area contributed by atoms with Gasteiger partial charge in [0, 0.05) is 13.0 Å². The normalized spacial score (nSPS) is 25.9. The Balaban J connectivity index is 1.49. The second kappa shape index (κ2) is 7.20. The molecular formula is C16H24N3OS+. The Morgan fingerprint density at radius 2 is 2.19 bits per heavy atom. The van der Waals surface area contributed by atoms with Gasteiger partial charge in [-0.05, 0) is 30.6 Å². The molecule has 1 aromatic carbocycles. The van der Waals surface area contributed by atoms with Gasteiger partial charge < -0.3 is 15.0 Å². The van der Waals surface area contributed by atoms with Gasteiger partial charge in [0.1, 0.15) is 0 Å². The highest BCUT2D eigenvalue weighted by molar-refractivity contribution is 7.80. The quantitative estimate of drug-likeness (QED) is 0.771. The standard InChI is InChI=1S/C16H23N3OS/c21-16-17-12-18(9-8-14-5-2-1-3-6-14)13-19(16)11-15-7-4-10-20-15/h1-3,5-6,15H,4,7-13H2,(H,17,21)/p+1. The fourth-order valence-corrected chi connectivity index (χ4v) is 3.24. The monoisotopic (exact) mass is 306 g/mol. The molecule has 0 radical (unpaired) electrons. The van der Waals surface area contributed by atoms with Gasteiger partial charge in [-0.1, -0.05) is 30.3 Å². The molecule has 5 heteroatoms. The Morgan fingerprint density at radius 1 is 1.33 bits per heavy atom. The lowest BCUT2D eigenvalue weighted by atomic mass is 10.1. The van der Waals surface area contributed by atoms with Crippen molar-refractivity contribution in [2.24, 2.45) is 0 Å². The minimum atomic E-state index is 0.359. The predicted molar refractivity (Wildman–Crippen MR) is 87.1 cm³/mol. The van der Waals surface area contributed by atoms with Crippen LogP contribution in [0.25, 0.3) is 0 Å². The summed E-state index contributed by atoms with van der Waals surface area (Å²) in [7, 11) is 0. The first-order valence-electron chi connectivity index (χ1n) is 7.83. The Bertz CT molecular complexity index is 462. The van der Waals surface area contributed by atoms with Crippen molar-refractivity contribution in [3.8, 4) is 0 Å². The number of quaternary nitrogens is 1. The number of hydrogen-bond acceptors (Lipinski definition) is 2. The van der Waals surface area contributed by atoms with E-state index in [9.17, 15) is 0 Å². The maximum absolute atomic E-state index is 5.73. The molecule has 21 heavy (non-hydrogen) atoms. The van der Waals surface area contributed by atoms with Crippen molar-refractivity contribution in [2.45, 2.75) is 25.4 Å². The second-order valence-electron chi connectivity index (χ2n) is 5.91. The van der Waals surface area contributed by atoms with Crippen LogP contribution in [-0.4, -0.2) is 49.2 Å². The van der Waals surface area contributed by atoms with E-state index >= 15 is 0 Å². The average molecular weight is 306 g/mol. The van der Waals surface area contributed by atoms with Crippen LogP contribution in [0.15, 0.2) is 30.3 Å². The van der Waals surface area contributed by atoms with Gasteiger partial charge in [0.15, 0.2) is 18.4 Å². The SMILES string of the molecule is S=C1NC[NH+](CCc2ccccc2)CN1CC1CCCO1. The van der Waals surface area contributed by atoms with Crippen LogP contribution in [0.2, 0.25) is 0 Å². The van der Waals surface area contributed by atoms with Crippen LogP contribution in [-0.2, 0) is 11.2 Å². The number of rotatable bonds is 5. The van der Waals surface area contributed by atoms with Gasteiger partial charge >= 0.3 is 0 Å². The van der Waals surface area contributed by atoms with Crippen molar-refractivity contribution in [2.75, 3.05) is 33.0 Å². The highest BCUT2D eigenvalue weighted by Gasteiger charge is 2.27. The van der Waals surface area contributed by atoms with Crippen molar-refractivity contribution >= 4 is 17.3 Å². The summed E-state index contributed by atoms with van der Waals surface area (Å²) in [5, 5.41) is 4.24. The molecule has 114 valence electrons. The first-order valence-corrected chi connectivity index (χ1v) is 8.24. The molecule has 2 heterocycles. The molecule has 2 N–H and O–H groups in total. The Labute approximate surface area is 132 Å². The van der Waals surface area contributed by atoms with Crippen LogP contribution in [0.3, 0.4) is 0 Å². The van der Waals surface area contributed by atoms with Crippen molar-refractivity contribution in [1.82, 2.24) is 10.2 Å². The molecule has 2 aliphatic heterocycles. The maximum Gasteiger partial charge on any atom is 0.177 e. The fourth-order valence-electron chi connectivity index (χ4n) is 3.02. The zero-order chi connectivity index (χ0) is 14.5. The minimum Gasteiger partial charge on any atom is -0.376 e. The summed E-state index contributed by atoms with van der Waals surface area (Å²) in [6.07, 6.45) is 3.82. The number of nitrogens with zero attached hydrogens (tertiary/aromatic N) is 1. The Kier molecular flexibility index (Phi) is 5.06. The molecule has 0 saturated carbocycles.